The van der Waals surface area contributed by atoms with E-state index in [2.05, 4.69) is 57.8 Å². The van der Waals surface area contributed by atoms with E-state index in [1.165, 1.54) is 18.2 Å². The molecule has 4 rings (SSSR count). The highest BCUT2D eigenvalue weighted by atomic mass is 16.5. The Morgan fingerprint density at radius 2 is 1.84 bits per heavy atom. The third-order valence-corrected chi connectivity index (χ3v) is 7.32. The van der Waals surface area contributed by atoms with Gasteiger partial charge in [-0.1, -0.05) is 12.1 Å². The van der Waals surface area contributed by atoms with E-state index in [1.807, 2.05) is 26.8 Å². The molecular formula is C32H39N5O6. The first kappa shape index (κ1) is 31.2. The summed E-state index contributed by atoms with van der Waals surface area (Å²) < 4.78 is 18.7. The highest BCUT2D eigenvalue weighted by Gasteiger charge is 2.32. The molecule has 0 fully saturated rings. The van der Waals surface area contributed by atoms with Gasteiger partial charge in [0.15, 0.2) is 17.7 Å². The van der Waals surface area contributed by atoms with Gasteiger partial charge in [-0.25, -0.2) is 9.59 Å². The second-order valence-corrected chi connectivity index (χ2v) is 10.3. The molecule has 0 aliphatic carbocycles. The standard InChI is InChI=1S/C32H39N5O6/c1-8-42-27-15-23(30-29(31(39)41-7)21(5)34-32(40)35-30)10-12-26(27)43-17-28(38)36-33-16-24-14-20(4)37(22(24)6)25-11-9-18(2)19(3)13-25/h9-16,28,30,36,38H,8,17H2,1-7H3,(H2,34,35,40)/b33-16-/t28-,30+/m0/s1. The maximum Gasteiger partial charge on any atom is 0.337 e. The number of aliphatic hydroxyl groups is 1. The lowest BCUT2D eigenvalue weighted by atomic mass is 9.95. The van der Waals surface area contributed by atoms with Crippen LogP contribution >= 0.6 is 0 Å². The molecule has 1 aromatic heterocycles. The maximum absolute atomic E-state index is 12.4. The van der Waals surface area contributed by atoms with Crippen molar-refractivity contribution in [1.29, 1.82) is 0 Å². The number of aromatic nitrogens is 1. The number of aryl methyl sites for hydroxylation is 3. The van der Waals surface area contributed by atoms with Crippen molar-refractivity contribution in [3.05, 3.63) is 87.4 Å². The zero-order valence-electron chi connectivity index (χ0n) is 25.6. The van der Waals surface area contributed by atoms with Gasteiger partial charge in [0.2, 0.25) is 0 Å². The van der Waals surface area contributed by atoms with Crippen molar-refractivity contribution in [2.45, 2.75) is 53.8 Å². The van der Waals surface area contributed by atoms with Crippen LogP contribution in [0.3, 0.4) is 0 Å². The second-order valence-electron chi connectivity index (χ2n) is 10.3. The van der Waals surface area contributed by atoms with Crippen LogP contribution in [0.4, 0.5) is 4.79 Å². The van der Waals surface area contributed by atoms with Crippen LogP contribution in [0.2, 0.25) is 0 Å². The molecule has 11 heteroatoms. The number of hydrogen-bond acceptors (Lipinski definition) is 8. The van der Waals surface area contributed by atoms with Gasteiger partial charge in [-0.15, -0.1) is 0 Å². The molecule has 0 saturated heterocycles. The fourth-order valence-corrected chi connectivity index (χ4v) is 5.00. The van der Waals surface area contributed by atoms with E-state index in [0.717, 1.165) is 22.6 Å². The topological polar surface area (TPSA) is 135 Å². The van der Waals surface area contributed by atoms with E-state index in [0.29, 0.717) is 29.4 Å². The number of urea groups is 1. The zero-order valence-corrected chi connectivity index (χ0v) is 25.6. The van der Waals surface area contributed by atoms with Crippen molar-refractivity contribution < 1.29 is 28.9 Å². The van der Waals surface area contributed by atoms with E-state index in [1.54, 1.807) is 31.3 Å². The fourth-order valence-electron chi connectivity index (χ4n) is 5.00. The van der Waals surface area contributed by atoms with Gasteiger partial charge >= 0.3 is 12.0 Å². The molecule has 0 unspecified atom stereocenters. The molecule has 0 spiro atoms. The quantitative estimate of drug-likeness (QED) is 0.114. The van der Waals surface area contributed by atoms with Gasteiger partial charge in [0.25, 0.3) is 0 Å². The smallest absolute Gasteiger partial charge is 0.337 e. The number of nitrogens with one attached hydrogen (secondary N) is 3. The van der Waals surface area contributed by atoms with Gasteiger partial charge in [-0.3, -0.25) is 5.43 Å². The summed E-state index contributed by atoms with van der Waals surface area (Å²) in [6.45, 7) is 12.0. The van der Waals surface area contributed by atoms with Gasteiger partial charge < -0.3 is 34.5 Å². The van der Waals surface area contributed by atoms with E-state index >= 15 is 0 Å². The second kappa shape index (κ2) is 13.5. The summed E-state index contributed by atoms with van der Waals surface area (Å²) in [5, 5.41) is 20.1. The summed E-state index contributed by atoms with van der Waals surface area (Å²) in [6.07, 6.45) is 0.569. The number of methoxy groups -OCH3 is 1. The molecule has 0 saturated carbocycles. The molecule has 2 heterocycles. The first-order valence-electron chi connectivity index (χ1n) is 14.0. The Hall–Kier alpha value is -4.77. The number of amides is 2. The number of aliphatic hydroxyl groups excluding tert-OH is 1. The van der Waals surface area contributed by atoms with Gasteiger partial charge in [0.05, 0.1) is 31.5 Å². The number of esters is 1. The monoisotopic (exact) mass is 589 g/mol. The minimum absolute atomic E-state index is 0.116. The Bertz CT molecular complexity index is 1570. The molecule has 43 heavy (non-hydrogen) atoms. The number of carbonyl (C=O) groups is 2. The molecule has 1 aliphatic heterocycles. The highest BCUT2D eigenvalue weighted by Crippen LogP contribution is 2.35. The Kier molecular flexibility index (Phi) is 9.77. The summed E-state index contributed by atoms with van der Waals surface area (Å²) in [5.74, 6) is 0.215. The molecule has 1 aliphatic rings. The molecule has 228 valence electrons. The highest BCUT2D eigenvalue weighted by molar-refractivity contribution is 5.95. The number of allylic oxidation sites excluding steroid dienone is 1. The average Bonchev–Trinajstić information content (AvgIpc) is 3.25. The number of benzene rings is 2. The van der Waals surface area contributed by atoms with Crippen LogP contribution in [0, 0.1) is 27.7 Å². The maximum atomic E-state index is 12.4. The van der Waals surface area contributed by atoms with Gasteiger partial charge in [0, 0.05) is 28.3 Å². The lowest BCUT2D eigenvalue weighted by molar-refractivity contribution is -0.136. The van der Waals surface area contributed by atoms with Crippen LogP contribution in [0.1, 0.15) is 53.5 Å². The number of hydrazone groups is 1. The van der Waals surface area contributed by atoms with E-state index in [9.17, 15) is 14.7 Å². The Balaban J connectivity index is 1.43. The molecule has 0 radical (unpaired) electrons. The molecule has 2 atom stereocenters. The Labute approximate surface area is 251 Å². The fraction of sp³-hybridized carbons (Fsp3) is 0.344. The molecule has 4 N–H and O–H groups in total. The third-order valence-electron chi connectivity index (χ3n) is 7.32. The van der Waals surface area contributed by atoms with Gasteiger partial charge in [-0.05, 0) is 88.6 Å². The number of nitrogens with zero attached hydrogens (tertiary/aromatic N) is 2. The van der Waals surface area contributed by atoms with E-state index in [4.69, 9.17) is 14.2 Å². The molecule has 3 aromatic rings. The van der Waals surface area contributed by atoms with Crippen molar-refractivity contribution in [3.8, 4) is 17.2 Å². The SMILES string of the molecule is CCOc1cc([C@H]2NC(=O)NC(C)=C2C(=O)OC)ccc1OC[C@H](O)N/N=C\c1cc(C)n(-c2ccc(C)c(C)c2)c1C. The molecule has 2 amide bonds. The van der Waals surface area contributed by atoms with Crippen LogP contribution in [0.5, 0.6) is 11.5 Å². The van der Waals surface area contributed by atoms with Crippen LogP contribution in [0.25, 0.3) is 5.69 Å². The van der Waals surface area contributed by atoms with Crippen molar-refractivity contribution in [3.63, 3.8) is 0 Å². The zero-order chi connectivity index (χ0) is 31.3. The van der Waals surface area contributed by atoms with E-state index in [-0.39, 0.29) is 12.2 Å². The van der Waals surface area contributed by atoms with Crippen molar-refractivity contribution in [2.24, 2.45) is 5.10 Å². The van der Waals surface area contributed by atoms with Crippen LogP contribution < -0.4 is 25.5 Å². The molecular weight excluding hydrogens is 550 g/mol. The van der Waals surface area contributed by atoms with E-state index < -0.39 is 24.3 Å². The van der Waals surface area contributed by atoms with Gasteiger partial charge in [-0.2, -0.15) is 5.10 Å². The Morgan fingerprint density at radius 1 is 1.07 bits per heavy atom. The number of rotatable bonds is 11. The normalized spacial score (nSPS) is 15.6. The van der Waals surface area contributed by atoms with Crippen LogP contribution in [0.15, 0.2) is 58.8 Å². The molecule has 2 aromatic carbocycles. The summed E-state index contributed by atoms with van der Waals surface area (Å²) in [4.78, 5) is 24.6. The number of ether oxygens (including phenoxy) is 3. The van der Waals surface area contributed by atoms with Crippen molar-refractivity contribution >= 4 is 18.2 Å². The van der Waals surface area contributed by atoms with Crippen molar-refractivity contribution in [1.82, 2.24) is 20.6 Å². The van der Waals surface area contributed by atoms with Gasteiger partial charge in [0.1, 0.15) is 6.61 Å². The third kappa shape index (κ3) is 7.00. The lowest BCUT2D eigenvalue weighted by Gasteiger charge is -2.28. The summed E-state index contributed by atoms with van der Waals surface area (Å²) in [5.41, 5.74) is 10.6. The summed E-state index contributed by atoms with van der Waals surface area (Å²) in [7, 11) is 1.28. The number of carbonyl (C=O) groups excluding carboxylic acids is 2. The van der Waals surface area contributed by atoms with Crippen LogP contribution in [-0.2, 0) is 9.53 Å². The minimum atomic E-state index is -1.10. The predicted molar refractivity (Wildman–Crippen MR) is 164 cm³/mol. The lowest BCUT2D eigenvalue weighted by Crippen LogP contribution is -2.45. The summed E-state index contributed by atoms with van der Waals surface area (Å²) in [6, 6.07) is 12.3. The van der Waals surface area contributed by atoms with Crippen LogP contribution in [-0.4, -0.2) is 54.4 Å². The largest absolute Gasteiger partial charge is 0.490 e. The van der Waals surface area contributed by atoms with Crippen molar-refractivity contribution in [2.75, 3.05) is 20.3 Å². The Morgan fingerprint density at radius 3 is 2.53 bits per heavy atom. The predicted octanol–water partition coefficient (Wildman–Crippen LogP) is 4.23. The number of hydrogen-bond donors (Lipinski definition) is 4. The average molecular weight is 590 g/mol. The first-order valence-corrected chi connectivity index (χ1v) is 14.0. The molecule has 11 nitrogen and oxygen atoms in total. The minimum Gasteiger partial charge on any atom is -0.490 e. The molecule has 0 bridgehead atoms. The summed E-state index contributed by atoms with van der Waals surface area (Å²) >= 11 is 0. The first-order chi connectivity index (χ1) is 20.5.